The highest BCUT2D eigenvalue weighted by atomic mass is 79.9. The summed E-state index contributed by atoms with van der Waals surface area (Å²) in [5.41, 5.74) is 0.883. The first-order chi connectivity index (χ1) is 9.56. The molecule has 0 atom stereocenters. The predicted octanol–water partition coefficient (Wildman–Crippen LogP) is 4.21. The number of hydrogen-bond donors (Lipinski definition) is 0. The monoisotopic (exact) mass is 351 g/mol. The number of nitrogens with zero attached hydrogens (tertiary/aromatic N) is 1. The summed E-state index contributed by atoms with van der Waals surface area (Å²) >= 11 is 8.69. The maximum absolute atomic E-state index is 13.0. The summed E-state index contributed by atoms with van der Waals surface area (Å²) in [5.74, 6) is -0.982. The molecule has 3 rings (SSSR count). The van der Waals surface area contributed by atoms with Gasteiger partial charge in [0.1, 0.15) is 16.0 Å². The van der Waals surface area contributed by atoms with Crippen LogP contribution in [0.5, 0.6) is 0 Å². The van der Waals surface area contributed by atoms with E-state index in [9.17, 15) is 9.18 Å². The zero-order valence-electron chi connectivity index (χ0n) is 9.97. The molecule has 0 radical (unpaired) electrons. The molecule has 0 bridgehead atoms. The van der Waals surface area contributed by atoms with Crippen LogP contribution in [0.15, 0.2) is 56.1 Å². The standard InChI is InChI=1S/C14H7BrFNO2S/c15-8-1-6-12-11(7-8)13(20)17(14(18)19-12)10-4-2-9(16)3-5-10/h1-7H. The van der Waals surface area contributed by atoms with E-state index >= 15 is 0 Å². The van der Waals surface area contributed by atoms with Gasteiger partial charge in [0.2, 0.25) is 0 Å². The molecule has 0 saturated heterocycles. The molecule has 3 nitrogen and oxygen atoms in total. The minimum Gasteiger partial charge on any atom is -0.409 e. The molecule has 0 saturated carbocycles. The topological polar surface area (TPSA) is 35.1 Å². The maximum Gasteiger partial charge on any atom is 0.425 e. The summed E-state index contributed by atoms with van der Waals surface area (Å²) in [7, 11) is 0. The number of fused-ring (bicyclic) bond motifs is 1. The van der Waals surface area contributed by atoms with Gasteiger partial charge in [-0.05, 0) is 42.5 Å². The van der Waals surface area contributed by atoms with E-state index in [0.717, 1.165) is 4.47 Å². The van der Waals surface area contributed by atoms with Gasteiger partial charge in [-0.15, -0.1) is 0 Å². The molecule has 0 aliphatic carbocycles. The molecular formula is C14H7BrFNO2S. The van der Waals surface area contributed by atoms with Crippen molar-refractivity contribution in [1.29, 1.82) is 0 Å². The first-order valence-electron chi connectivity index (χ1n) is 5.67. The fraction of sp³-hybridized carbons (Fsp3) is 0. The molecule has 0 N–H and O–H groups in total. The molecule has 2 aromatic carbocycles. The molecule has 6 heteroatoms. The van der Waals surface area contributed by atoms with E-state index < -0.39 is 5.76 Å². The van der Waals surface area contributed by atoms with Gasteiger partial charge in [0.05, 0.1) is 11.1 Å². The highest BCUT2D eigenvalue weighted by Crippen LogP contribution is 2.21. The van der Waals surface area contributed by atoms with Gasteiger partial charge in [-0.3, -0.25) is 0 Å². The molecule has 1 aromatic heterocycles. The largest absolute Gasteiger partial charge is 0.425 e. The number of aromatic nitrogens is 1. The maximum atomic E-state index is 13.0. The molecule has 20 heavy (non-hydrogen) atoms. The van der Waals surface area contributed by atoms with Crippen molar-refractivity contribution < 1.29 is 8.81 Å². The zero-order chi connectivity index (χ0) is 14.3. The van der Waals surface area contributed by atoms with Crippen LogP contribution >= 0.6 is 28.1 Å². The lowest BCUT2D eigenvalue weighted by Crippen LogP contribution is -2.18. The molecule has 0 unspecified atom stereocenters. The van der Waals surface area contributed by atoms with Crippen molar-refractivity contribution in [3.05, 3.63) is 67.9 Å². The minimum absolute atomic E-state index is 0.323. The fourth-order valence-electron chi connectivity index (χ4n) is 1.91. The summed E-state index contributed by atoms with van der Waals surface area (Å²) in [5, 5.41) is 0.637. The second kappa shape index (κ2) is 4.96. The average molecular weight is 352 g/mol. The molecule has 0 amide bonds. The van der Waals surface area contributed by atoms with E-state index in [1.807, 2.05) is 0 Å². The minimum atomic E-state index is -0.601. The van der Waals surface area contributed by atoms with Gasteiger partial charge in [-0.2, -0.15) is 0 Å². The number of halogens is 2. The first-order valence-corrected chi connectivity index (χ1v) is 6.88. The van der Waals surface area contributed by atoms with Gasteiger partial charge in [0, 0.05) is 4.47 Å². The Balaban J connectivity index is 2.39. The molecule has 3 aromatic rings. The van der Waals surface area contributed by atoms with Crippen molar-refractivity contribution in [1.82, 2.24) is 4.57 Å². The zero-order valence-corrected chi connectivity index (χ0v) is 12.4. The van der Waals surface area contributed by atoms with Crippen LogP contribution in [0.3, 0.4) is 0 Å². The van der Waals surface area contributed by atoms with E-state index in [4.69, 9.17) is 16.6 Å². The van der Waals surface area contributed by atoms with Crippen molar-refractivity contribution in [3.63, 3.8) is 0 Å². The highest BCUT2D eigenvalue weighted by Gasteiger charge is 2.09. The van der Waals surface area contributed by atoms with Gasteiger partial charge in [-0.1, -0.05) is 28.1 Å². The summed E-state index contributed by atoms with van der Waals surface area (Å²) in [6.45, 7) is 0. The molecule has 0 fully saturated rings. The van der Waals surface area contributed by atoms with Crippen LogP contribution < -0.4 is 5.76 Å². The summed E-state index contributed by atoms with van der Waals surface area (Å²) in [6, 6.07) is 10.7. The van der Waals surface area contributed by atoms with E-state index in [1.54, 1.807) is 18.2 Å². The van der Waals surface area contributed by atoms with Gasteiger partial charge in [0.25, 0.3) is 0 Å². The Hall–Kier alpha value is -1.79. The van der Waals surface area contributed by atoms with Crippen molar-refractivity contribution >= 4 is 39.1 Å². The van der Waals surface area contributed by atoms with Crippen LogP contribution in [-0.4, -0.2) is 4.57 Å². The normalized spacial score (nSPS) is 10.9. The lowest BCUT2D eigenvalue weighted by atomic mass is 10.2. The van der Waals surface area contributed by atoms with Gasteiger partial charge >= 0.3 is 5.76 Å². The molecule has 0 spiro atoms. The van der Waals surface area contributed by atoms with Gasteiger partial charge in [0.15, 0.2) is 0 Å². The van der Waals surface area contributed by atoms with E-state index in [-0.39, 0.29) is 5.82 Å². The molecule has 0 aliphatic rings. The van der Waals surface area contributed by atoms with E-state index in [0.29, 0.717) is 21.3 Å². The van der Waals surface area contributed by atoms with E-state index in [2.05, 4.69) is 15.9 Å². The molecule has 1 heterocycles. The third-order valence-corrected chi connectivity index (χ3v) is 3.74. The van der Waals surface area contributed by atoms with Gasteiger partial charge < -0.3 is 4.42 Å². The van der Waals surface area contributed by atoms with Crippen LogP contribution in [0.25, 0.3) is 16.7 Å². The summed E-state index contributed by atoms with van der Waals surface area (Å²) in [6.07, 6.45) is 0. The third kappa shape index (κ3) is 2.21. The highest BCUT2D eigenvalue weighted by molar-refractivity contribution is 9.10. The van der Waals surface area contributed by atoms with Crippen molar-refractivity contribution in [2.45, 2.75) is 0 Å². The van der Waals surface area contributed by atoms with Crippen molar-refractivity contribution in [2.24, 2.45) is 0 Å². The third-order valence-electron chi connectivity index (χ3n) is 2.84. The fourth-order valence-corrected chi connectivity index (χ4v) is 2.61. The van der Waals surface area contributed by atoms with Crippen molar-refractivity contribution in [3.8, 4) is 5.69 Å². The Morgan fingerprint density at radius 3 is 2.55 bits per heavy atom. The Morgan fingerprint density at radius 2 is 1.85 bits per heavy atom. The Bertz CT molecular complexity index is 915. The van der Waals surface area contributed by atoms with Crippen LogP contribution in [0.2, 0.25) is 0 Å². The predicted molar refractivity (Wildman–Crippen MR) is 80.3 cm³/mol. The summed E-state index contributed by atoms with van der Waals surface area (Å²) < 4.78 is 20.6. The number of hydrogen-bond acceptors (Lipinski definition) is 3. The quantitative estimate of drug-likeness (QED) is 0.616. The second-order valence-corrected chi connectivity index (χ2v) is 5.43. The lowest BCUT2D eigenvalue weighted by molar-refractivity contribution is 0.507. The average Bonchev–Trinajstić information content (AvgIpc) is 2.42. The smallest absolute Gasteiger partial charge is 0.409 e. The SMILES string of the molecule is O=c1oc2ccc(Br)cc2c(=S)n1-c1ccc(F)cc1. The van der Waals surface area contributed by atoms with E-state index in [1.165, 1.54) is 28.8 Å². The molecule has 0 aliphatic heterocycles. The molecule has 100 valence electrons. The Kier molecular flexibility index (Phi) is 3.27. The Labute approximate surface area is 126 Å². The lowest BCUT2D eigenvalue weighted by Gasteiger charge is -2.07. The van der Waals surface area contributed by atoms with Crippen LogP contribution in [-0.2, 0) is 0 Å². The van der Waals surface area contributed by atoms with Crippen LogP contribution in [0.4, 0.5) is 4.39 Å². The second-order valence-electron chi connectivity index (χ2n) is 4.13. The molecular weight excluding hydrogens is 345 g/mol. The van der Waals surface area contributed by atoms with Crippen LogP contribution in [0.1, 0.15) is 0 Å². The first kappa shape index (κ1) is 13.2. The van der Waals surface area contributed by atoms with Crippen LogP contribution in [0, 0.1) is 10.5 Å². The van der Waals surface area contributed by atoms with Gasteiger partial charge in [-0.25, -0.2) is 13.8 Å². The number of benzene rings is 2. The van der Waals surface area contributed by atoms with Crippen molar-refractivity contribution in [2.75, 3.05) is 0 Å². The summed E-state index contributed by atoms with van der Waals surface area (Å²) in [4.78, 5) is 12.0. The Morgan fingerprint density at radius 1 is 1.15 bits per heavy atom. The number of rotatable bonds is 1.